The lowest BCUT2D eigenvalue weighted by Gasteiger charge is -2.18. The zero-order valence-corrected chi connectivity index (χ0v) is 11.5. The fraction of sp³-hybridized carbons (Fsp3) is 0.643. The molecule has 3 heteroatoms. The first-order valence-electron chi connectivity index (χ1n) is 6.39. The third kappa shape index (κ3) is 5.80. The van der Waals surface area contributed by atoms with Crippen molar-refractivity contribution >= 4 is 0 Å². The summed E-state index contributed by atoms with van der Waals surface area (Å²) in [6.07, 6.45) is 1.85. The number of hydrogen-bond acceptors (Lipinski definition) is 3. The molecule has 1 heterocycles. The molecule has 0 unspecified atom stereocenters. The van der Waals surface area contributed by atoms with Gasteiger partial charge >= 0.3 is 0 Å². The van der Waals surface area contributed by atoms with Crippen LogP contribution in [0.3, 0.4) is 0 Å². The summed E-state index contributed by atoms with van der Waals surface area (Å²) in [4.78, 5) is 6.64. The van der Waals surface area contributed by atoms with Crippen molar-refractivity contribution in [3.8, 4) is 0 Å². The van der Waals surface area contributed by atoms with E-state index >= 15 is 0 Å². The number of nitrogens with one attached hydrogen (secondary N) is 1. The molecular weight excluding hydrogens is 210 g/mol. The fourth-order valence-corrected chi connectivity index (χ4v) is 1.72. The molecule has 0 spiro atoms. The summed E-state index contributed by atoms with van der Waals surface area (Å²) < 4.78 is 0. The van der Waals surface area contributed by atoms with Gasteiger partial charge in [0, 0.05) is 31.5 Å². The van der Waals surface area contributed by atoms with Gasteiger partial charge in [0.2, 0.25) is 0 Å². The zero-order valence-electron chi connectivity index (χ0n) is 11.5. The van der Waals surface area contributed by atoms with E-state index in [4.69, 9.17) is 0 Å². The minimum atomic E-state index is 0.723. The maximum absolute atomic E-state index is 4.31. The molecular formula is C14H25N3. The Bertz CT molecular complexity index is 323. The molecule has 96 valence electrons. The molecule has 0 atom stereocenters. The molecule has 0 aliphatic rings. The second-order valence-electron chi connectivity index (χ2n) is 5.08. The van der Waals surface area contributed by atoms with Crippen molar-refractivity contribution in [2.75, 3.05) is 26.7 Å². The second kappa shape index (κ2) is 7.41. The number of hydrogen-bond donors (Lipinski definition) is 1. The quantitative estimate of drug-likeness (QED) is 0.733. The largest absolute Gasteiger partial charge is 0.315 e. The summed E-state index contributed by atoms with van der Waals surface area (Å²) in [5.74, 6) is 0.723. The molecule has 3 nitrogen and oxygen atoms in total. The number of pyridine rings is 1. The second-order valence-corrected chi connectivity index (χ2v) is 5.08. The maximum Gasteiger partial charge on any atom is 0.0417 e. The van der Waals surface area contributed by atoms with E-state index in [0.717, 1.165) is 37.8 Å². The first kappa shape index (κ1) is 14.1. The predicted molar refractivity (Wildman–Crippen MR) is 73.0 cm³/mol. The molecule has 1 aromatic heterocycles. The molecule has 0 aromatic carbocycles. The van der Waals surface area contributed by atoms with Gasteiger partial charge in [0.1, 0.15) is 0 Å². The highest BCUT2D eigenvalue weighted by atomic mass is 15.1. The van der Waals surface area contributed by atoms with E-state index in [0.29, 0.717) is 0 Å². The van der Waals surface area contributed by atoms with Gasteiger partial charge in [-0.15, -0.1) is 0 Å². The number of nitrogens with zero attached hydrogens (tertiary/aromatic N) is 2. The first-order valence-corrected chi connectivity index (χ1v) is 6.39. The Morgan fingerprint density at radius 2 is 2.18 bits per heavy atom. The Morgan fingerprint density at radius 3 is 2.82 bits per heavy atom. The summed E-state index contributed by atoms with van der Waals surface area (Å²) >= 11 is 0. The number of aryl methyl sites for hydroxylation is 1. The molecule has 1 N–H and O–H groups in total. The van der Waals surface area contributed by atoms with Crippen LogP contribution in [0, 0.1) is 12.8 Å². The Morgan fingerprint density at radius 1 is 1.41 bits per heavy atom. The normalized spacial score (nSPS) is 11.4. The van der Waals surface area contributed by atoms with Gasteiger partial charge in [-0.3, -0.25) is 4.98 Å². The van der Waals surface area contributed by atoms with E-state index in [1.807, 2.05) is 12.3 Å². The van der Waals surface area contributed by atoms with Gasteiger partial charge in [-0.05, 0) is 38.1 Å². The van der Waals surface area contributed by atoms with Crippen LogP contribution < -0.4 is 5.32 Å². The zero-order chi connectivity index (χ0) is 12.7. The Balaban J connectivity index is 2.25. The van der Waals surface area contributed by atoms with Crippen LogP contribution >= 0.6 is 0 Å². The third-order valence-electron chi connectivity index (χ3n) is 2.78. The lowest BCUT2D eigenvalue weighted by molar-refractivity contribution is 0.320. The van der Waals surface area contributed by atoms with Crippen molar-refractivity contribution in [1.82, 2.24) is 15.2 Å². The van der Waals surface area contributed by atoms with Crippen LogP contribution in [-0.4, -0.2) is 36.6 Å². The van der Waals surface area contributed by atoms with E-state index < -0.39 is 0 Å². The highest BCUT2D eigenvalue weighted by Crippen LogP contribution is 2.06. The van der Waals surface area contributed by atoms with Crippen LogP contribution in [0.2, 0.25) is 0 Å². The maximum atomic E-state index is 4.31. The lowest BCUT2D eigenvalue weighted by Crippen LogP contribution is -2.31. The highest BCUT2D eigenvalue weighted by molar-refractivity contribution is 5.17. The van der Waals surface area contributed by atoms with Crippen LogP contribution in [0.25, 0.3) is 0 Å². The van der Waals surface area contributed by atoms with E-state index in [9.17, 15) is 0 Å². The Kier molecular flexibility index (Phi) is 6.16. The van der Waals surface area contributed by atoms with Crippen molar-refractivity contribution in [3.63, 3.8) is 0 Å². The van der Waals surface area contributed by atoms with Gasteiger partial charge in [0.15, 0.2) is 0 Å². The van der Waals surface area contributed by atoms with Crippen molar-refractivity contribution in [2.24, 2.45) is 5.92 Å². The van der Waals surface area contributed by atoms with E-state index in [1.165, 1.54) is 5.56 Å². The average molecular weight is 235 g/mol. The van der Waals surface area contributed by atoms with Gasteiger partial charge in [-0.25, -0.2) is 0 Å². The van der Waals surface area contributed by atoms with Gasteiger partial charge < -0.3 is 10.2 Å². The standard InChI is InChI=1S/C14H25N3/c1-12(2)10-15-8-9-17(4)11-14-6-5-7-16-13(14)3/h5-7,12,15H,8-11H2,1-4H3. The molecule has 1 aromatic rings. The molecule has 0 fully saturated rings. The molecule has 0 amide bonds. The molecule has 0 radical (unpaired) electrons. The summed E-state index contributed by atoms with van der Waals surface area (Å²) in [6.45, 7) is 10.7. The van der Waals surface area contributed by atoms with Crippen LogP contribution in [0.5, 0.6) is 0 Å². The van der Waals surface area contributed by atoms with Gasteiger partial charge in [-0.2, -0.15) is 0 Å². The predicted octanol–water partition coefficient (Wildman–Crippen LogP) is 2.07. The summed E-state index contributed by atoms with van der Waals surface area (Å²) in [6, 6.07) is 4.16. The van der Waals surface area contributed by atoms with Crippen molar-refractivity contribution < 1.29 is 0 Å². The van der Waals surface area contributed by atoms with E-state index in [-0.39, 0.29) is 0 Å². The molecule has 0 bridgehead atoms. The van der Waals surface area contributed by atoms with E-state index in [2.05, 4.69) is 49.1 Å². The van der Waals surface area contributed by atoms with Gasteiger partial charge in [0.25, 0.3) is 0 Å². The number of rotatable bonds is 7. The van der Waals surface area contributed by atoms with Gasteiger partial charge in [0.05, 0.1) is 0 Å². The highest BCUT2D eigenvalue weighted by Gasteiger charge is 2.03. The monoisotopic (exact) mass is 235 g/mol. The molecule has 0 aliphatic carbocycles. The average Bonchev–Trinajstić information content (AvgIpc) is 2.27. The minimum Gasteiger partial charge on any atom is -0.315 e. The van der Waals surface area contributed by atoms with Crippen LogP contribution in [0.15, 0.2) is 18.3 Å². The summed E-state index contributed by atoms with van der Waals surface area (Å²) in [5, 5.41) is 3.46. The first-order chi connectivity index (χ1) is 8.09. The molecule has 1 rings (SSSR count). The Labute approximate surface area is 105 Å². The van der Waals surface area contributed by atoms with Crippen molar-refractivity contribution in [1.29, 1.82) is 0 Å². The van der Waals surface area contributed by atoms with E-state index in [1.54, 1.807) is 0 Å². The smallest absolute Gasteiger partial charge is 0.0417 e. The van der Waals surface area contributed by atoms with Crippen molar-refractivity contribution in [3.05, 3.63) is 29.6 Å². The lowest BCUT2D eigenvalue weighted by atomic mass is 10.2. The number of aromatic nitrogens is 1. The summed E-state index contributed by atoms with van der Waals surface area (Å²) in [7, 11) is 2.16. The molecule has 0 saturated heterocycles. The van der Waals surface area contributed by atoms with Crippen LogP contribution in [0.1, 0.15) is 25.1 Å². The Hall–Kier alpha value is -0.930. The van der Waals surface area contributed by atoms with Crippen molar-refractivity contribution in [2.45, 2.75) is 27.3 Å². The number of likely N-dealkylation sites (N-methyl/N-ethyl adjacent to an activating group) is 1. The third-order valence-corrected chi connectivity index (χ3v) is 2.78. The SMILES string of the molecule is Cc1ncccc1CN(C)CCNCC(C)C. The molecule has 0 saturated carbocycles. The van der Waals surface area contributed by atoms with Crippen LogP contribution in [-0.2, 0) is 6.54 Å². The minimum absolute atomic E-state index is 0.723. The van der Waals surface area contributed by atoms with Gasteiger partial charge in [-0.1, -0.05) is 19.9 Å². The molecule has 0 aliphatic heterocycles. The molecule has 17 heavy (non-hydrogen) atoms. The topological polar surface area (TPSA) is 28.2 Å². The fourth-order valence-electron chi connectivity index (χ4n) is 1.72. The summed E-state index contributed by atoms with van der Waals surface area (Å²) in [5.41, 5.74) is 2.45. The van der Waals surface area contributed by atoms with Crippen LogP contribution in [0.4, 0.5) is 0 Å².